The van der Waals surface area contributed by atoms with Gasteiger partial charge >= 0.3 is 0 Å². The second-order valence-corrected chi connectivity index (χ2v) is 3.11. The monoisotopic (exact) mass is 171 g/mol. The molecule has 2 rings (SSSR count). The Hall–Kier alpha value is -1.69. The first-order valence-corrected chi connectivity index (χ1v) is 4.20. The van der Waals surface area contributed by atoms with Gasteiger partial charge in [-0.05, 0) is 13.0 Å². The molecule has 3 heteroatoms. The van der Waals surface area contributed by atoms with Gasteiger partial charge in [-0.3, -0.25) is 0 Å². The van der Waals surface area contributed by atoms with E-state index in [-0.39, 0.29) is 5.92 Å². The highest BCUT2D eigenvalue weighted by Crippen LogP contribution is 2.31. The zero-order valence-corrected chi connectivity index (χ0v) is 7.36. The molecule has 3 nitrogen and oxygen atoms in total. The number of aliphatic imine (C=N–C) groups is 1. The summed E-state index contributed by atoms with van der Waals surface area (Å²) in [4.78, 5) is 8.45. The molecule has 1 unspecified atom stereocenters. The second kappa shape index (κ2) is 2.98. The van der Waals surface area contributed by atoms with Crippen molar-refractivity contribution in [2.75, 3.05) is 0 Å². The Balaban J connectivity index is 2.39. The Morgan fingerprint density at radius 1 is 1.54 bits per heavy atom. The van der Waals surface area contributed by atoms with Crippen LogP contribution in [0.2, 0.25) is 0 Å². The van der Waals surface area contributed by atoms with E-state index in [1.165, 1.54) is 0 Å². The average molecular weight is 171 g/mol. The van der Waals surface area contributed by atoms with Crippen molar-refractivity contribution in [1.29, 1.82) is 5.26 Å². The number of nitrogens with zero attached hydrogens (tertiary/aromatic N) is 3. The molecule has 1 aromatic rings. The minimum absolute atomic E-state index is 0.146. The van der Waals surface area contributed by atoms with Gasteiger partial charge in [-0.15, -0.1) is 0 Å². The lowest BCUT2D eigenvalue weighted by atomic mass is 10.0. The normalized spacial score (nSPS) is 18.3. The maximum atomic E-state index is 8.57. The smallest absolute Gasteiger partial charge is 0.155 e. The van der Waals surface area contributed by atoms with Gasteiger partial charge in [0, 0.05) is 29.8 Å². The Morgan fingerprint density at radius 2 is 2.38 bits per heavy atom. The van der Waals surface area contributed by atoms with Gasteiger partial charge < -0.3 is 0 Å². The van der Waals surface area contributed by atoms with Crippen LogP contribution in [0.1, 0.15) is 23.6 Å². The van der Waals surface area contributed by atoms with Crippen LogP contribution in [0.25, 0.3) is 0 Å². The van der Waals surface area contributed by atoms with Crippen LogP contribution >= 0.6 is 0 Å². The highest BCUT2D eigenvalue weighted by Gasteiger charge is 2.19. The quantitative estimate of drug-likeness (QED) is 0.649. The lowest BCUT2D eigenvalue weighted by Crippen LogP contribution is -1.94. The van der Waals surface area contributed by atoms with E-state index >= 15 is 0 Å². The lowest BCUT2D eigenvalue weighted by molar-refractivity contribution is 0.949. The molecule has 0 bridgehead atoms. The highest BCUT2D eigenvalue weighted by atomic mass is 14.9. The molecule has 0 saturated heterocycles. The molecule has 0 saturated carbocycles. The first-order valence-electron chi connectivity index (χ1n) is 4.20. The highest BCUT2D eigenvalue weighted by molar-refractivity contribution is 5.79. The van der Waals surface area contributed by atoms with E-state index in [9.17, 15) is 0 Å². The molecule has 0 amide bonds. The SMILES string of the molecule is Cc1ccc2c(n1)N=CC2CC#N. The fourth-order valence-electron chi connectivity index (χ4n) is 1.45. The summed E-state index contributed by atoms with van der Waals surface area (Å²) in [7, 11) is 0. The summed E-state index contributed by atoms with van der Waals surface area (Å²) in [6, 6.07) is 6.11. The van der Waals surface area contributed by atoms with E-state index in [1.807, 2.05) is 19.1 Å². The molecule has 1 aliphatic rings. The number of hydrogen-bond donors (Lipinski definition) is 0. The van der Waals surface area contributed by atoms with Crippen molar-refractivity contribution in [3.8, 4) is 6.07 Å². The van der Waals surface area contributed by atoms with Crippen molar-refractivity contribution < 1.29 is 0 Å². The molecular weight excluding hydrogens is 162 g/mol. The van der Waals surface area contributed by atoms with Crippen LogP contribution in [0.15, 0.2) is 17.1 Å². The summed E-state index contributed by atoms with van der Waals surface area (Å²) < 4.78 is 0. The fraction of sp³-hybridized carbons (Fsp3) is 0.300. The Bertz CT molecular complexity index is 401. The minimum atomic E-state index is 0.146. The predicted molar refractivity (Wildman–Crippen MR) is 50.1 cm³/mol. The molecule has 0 N–H and O–H groups in total. The zero-order valence-electron chi connectivity index (χ0n) is 7.36. The summed E-state index contributed by atoms with van der Waals surface area (Å²) in [5.41, 5.74) is 2.04. The Labute approximate surface area is 76.8 Å². The van der Waals surface area contributed by atoms with E-state index in [4.69, 9.17) is 5.26 Å². The third-order valence-electron chi connectivity index (χ3n) is 2.13. The van der Waals surface area contributed by atoms with Gasteiger partial charge in [-0.1, -0.05) is 6.07 Å². The number of fused-ring (bicyclic) bond motifs is 1. The van der Waals surface area contributed by atoms with Crippen molar-refractivity contribution in [1.82, 2.24) is 4.98 Å². The van der Waals surface area contributed by atoms with Gasteiger partial charge in [0.2, 0.25) is 0 Å². The van der Waals surface area contributed by atoms with Crippen LogP contribution < -0.4 is 0 Å². The summed E-state index contributed by atoms with van der Waals surface area (Å²) in [6.45, 7) is 1.94. The van der Waals surface area contributed by atoms with Crippen molar-refractivity contribution in [2.24, 2.45) is 4.99 Å². The van der Waals surface area contributed by atoms with Gasteiger partial charge in [-0.25, -0.2) is 9.98 Å². The topological polar surface area (TPSA) is 49.0 Å². The number of pyridine rings is 1. The predicted octanol–water partition coefficient (Wildman–Crippen LogP) is 2.10. The Morgan fingerprint density at radius 3 is 3.15 bits per heavy atom. The summed E-state index contributed by atoms with van der Waals surface area (Å²) in [6.07, 6.45) is 2.29. The molecule has 1 aliphatic heterocycles. The van der Waals surface area contributed by atoms with Crippen LogP contribution in [0.5, 0.6) is 0 Å². The molecule has 13 heavy (non-hydrogen) atoms. The molecule has 0 aromatic carbocycles. The number of aryl methyl sites for hydroxylation is 1. The van der Waals surface area contributed by atoms with Gasteiger partial charge in [0.1, 0.15) is 0 Å². The summed E-state index contributed by atoms with van der Waals surface area (Å²) in [5.74, 6) is 0.924. The maximum absolute atomic E-state index is 8.57. The minimum Gasteiger partial charge on any atom is -0.241 e. The van der Waals surface area contributed by atoms with E-state index in [0.29, 0.717) is 6.42 Å². The van der Waals surface area contributed by atoms with Crippen molar-refractivity contribution in [3.63, 3.8) is 0 Å². The Kier molecular flexibility index (Phi) is 1.82. The standard InChI is InChI=1S/C10H9N3/c1-7-2-3-9-8(4-5-11)6-12-10(9)13-7/h2-3,6,8H,4H2,1H3. The van der Waals surface area contributed by atoms with Gasteiger partial charge in [-0.2, -0.15) is 5.26 Å². The lowest BCUT2D eigenvalue weighted by Gasteiger charge is -2.03. The zero-order chi connectivity index (χ0) is 9.26. The number of nitriles is 1. The van der Waals surface area contributed by atoms with Gasteiger partial charge in [0.15, 0.2) is 5.82 Å². The van der Waals surface area contributed by atoms with Gasteiger partial charge in [0.25, 0.3) is 0 Å². The van der Waals surface area contributed by atoms with E-state index in [2.05, 4.69) is 16.0 Å². The van der Waals surface area contributed by atoms with E-state index < -0.39 is 0 Å². The van der Waals surface area contributed by atoms with Crippen LogP contribution in [0, 0.1) is 18.3 Å². The first kappa shape index (κ1) is 7.93. The van der Waals surface area contributed by atoms with Crippen LogP contribution in [0.3, 0.4) is 0 Å². The van der Waals surface area contributed by atoms with Crippen molar-refractivity contribution >= 4 is 12.0 Å². The fourth-order valence-corrected chi connectivity index (χ4v) is 1.45. The molecule has 0 radical (unpaired) electrons. The largest absolute Gasteiger partial charge is 0.241 e. The maximum Gasteiger partial charge on any atom is 0.155 e. The second-order valence-electron chi connectivity index (χ2n) is 3.11. The van der Waals surface area contributed by atoms with E-state index in [0.717, 1.165) is 17.1 Å². The number of aromatic nitrogens is 1. The van der Waals surface area contributed by atoms with Crippen LogP contribution in [0.4, 0.5) is 5.82 Å². The molecular formula is C10H9N3. The molecule has 2 heterocycles. The van der Waals surface area contributed by atoms with Crippen LogP contribution in [-0.2, 0) is 0 Å². The van der Waals surface area contributed by atoms with Crippen LogP contribution in [-0.4, -0.2) is 11.2 Å². The molecule has 1 atom stereocenters. The third-order valence-corrected chi connectivity index (χ3v) is 2.13. The van der Waals surface area contributed by atoms with Crippen molar-refractivity contribution in [3.05, 3.63) is 23.4 Å². The van der Waals surface area contributed by atoms with E-state index in [1.54, 1.807) is 6.21 Å². The molecule has 64 valence electrons. The first-order chi connectivity index (χ1) is 6.31. The summed E-state index contributed by atoms with van der Waals surface area (Å²) in [5, 5.41) is 8.57. The number of hydrogen-bond acceptors (Lipinski definition) is 3. The molecule has 0 fully saturated rings. The molecule has 1 aromatic heterocycles. The van der Waals surface area contributed by atoms with Crippen molar-refractivity contribution in [2.45, 2.75) is 19.3 Å². The molecule has 0 aliphatic carbocycles. The third kappa shape index (κ3) is 1.31. The average Bonchev–Trinajstić information content (AvgIpc) is 2.49. The summed E-state index contributed by atoms with van der Waals surface area (Å²) >= 11 is 0. The number of rotatable bonds is 1. The molecule has 0 spiro atoms. The van der Waals surface area contributed by atoms with Gasteiger partial charge in [0.05, 0.1) is 6.07 Å².